The van der Waals surface area contributed by atoms with Gasteiger partial charge in [0.15, 0.2) is 24.2 Å². The van der Waals surface area contributed by atoms with Gasteiger partial charge in [-0.25, -0.2) is 0 Å². The fourth-order valence-corrected chi connectivity index (χ4v) is 9.48. The number of benzene rings is 5. The number of ether oxygens (including phenoxy) is 13. The van der Waals surface area contributed by atoms with E-state index >= 15 is 0 Å². The predicted molar refractivity (Wildman–Crippen MR) is 379 cm³/mol. The molecule has 7 N–H and O–H groups in total. The van der Waals surface area contributed by atoms with E-state index in [1.165, 1.54) is 24.3 Å². The first-order valence-corrected chi connectivity index (χ1v) is 32.7. The van der Waals surface area contributed by atoms with E-state index in [4.69, 9.17) is 76.9 Å². The van der Waals surface area contributed by atoms with E-state index < -0.39 is 60.6 Å². The second-order valence-electron chi connectivity index (χ2n) is 23.9. The van der Waals surface area contributed by atoms with E-state index in [1.54, 1.807) is 13.2 Å². The van der Waals surface area contributed by atoms with Crippen LogP contribution in [-0.4, -0.2) is 192 Å². The lowest BCUT2D eigenvalue weighted by molar-refractivity contribution is -0.151. The van der Waals surface area contributed by atoms with Gasteiger partial charge in [-0.1, -0.05) is 182 Å². The highest BCUT2D eigenvalue weighted by Gasteiger charge is 2.42. The predicted octanol–water partition coefficient (Wildman–Crippen LogP) is 9.40. The Bertz CT molecular complexity index is 2890. The van der Waals surface area contributed by atoms with Crippen molar-refractivity contribution >= 4 is 18.7 Å². The molecule has 5 aromatic rings. The maximum atomic E-state index is 10.6. The van der Waals surface area contributed by atoms with Crippen molar-refractivity contribution in [1.82, 2.24) is 0 Å². The van der Waals surface area contributed by atoms with Crippen LogP contribution in [0.25, 0.3) is 0 Å². The van der Waals surface area contributed by atoms with Gasteiger partial charge in [0.05, 0.1) is 103 Å². The largest absolute Gasteiger partial charge is 0.390 e. The lowest BCUT2D eigenvalue weighted by atomic mass is 10.1. The quantitative estimate of drug-likeness (QED) is 0.0128. The molecule has 14 atom stereocenters. The summed E-state index contributed by atoms with van der Waals surface area (Å²) in [6.45, 7) is 29.7. The van der Waals surface area contributed by atoms with Gasteiger partial charge in [-0.2, -0.15) is 0 Å². The molecule has 5 fully saturated rings. The Morgan fingerprint density at radius 3 is 1.20 bits per heavy atom. The molecule has 0 aromatic heterocycles. The number of carbonyl (C=O) groups excluding carboxylic acids is 1. The Hall–Kier alpha value is -6.04. The van der Waals surface area contributed by atoms with E-state index in [9.17, 15) is 25.2 Å². The summed E-state index contributed by atoms with van der Waals surface area (Å²) in [5, 5.41) is 64.1. The van der Waals surface area contributed by atoms with Gasteiger partial charge < -0.3 is 102 Å². The molecule has 0 bridgehead atoms. The standard InChI is InChI=1S/C15H20O4.C15H20O3.C13H18O4.C12H16O4.C12H16O3.C5H8O2.C5H8O.ClH/c1-15(2)18-13(8-9-16)14(19-15)11-17-10-12-6-4-3-5-7-12;1-4-13-14(18-15(2,3)17-13)11-16-10-12-8-6-5-7-9-12;1-15-13-7-11(14)12(17-13)9-16-8-10-5-3-2-4-6-10;13-10-6-12(14)16-11(10)8-15-7-9-4-2-1-3-5-9;1-2-11(13)12(14)9-15-8-10-6-4-3-5-7-10;1-2-4(6)5-3-7-5;1-3-5(6)4-2;/h3-7,9,13-14H,8,10-11H2,1-2H3;4-9,13-14H,1,10-11H2,2-3H3;2-6,11-14H,7-9H2,1H3;1-5,10-14H,6-8H2;2-7,11-14H,1,8-9H2;2,4-6H,1,3H2;3-6H,1-2H2;1H/t2*13-,14+;11-,12+,13?;10-,11+,12?;11-,12+;4-,5+;;/m111111../s1. The van der Waals surface area contributed by atoms with Crippen molar-refractivity contribution in [3.05, 3.63) is 243 Å². The molecule has 0 aliphatic carbocycles. The minimum atomic E-state index is -0.930. The Balaban J connectivity index is 0.000000307. The number of epoxide rings is 1. The van der Waals surface area contributed by atoms with Gasteiger partial charge in [-0.3, -0.25) is 0 Å². The Morgan fingerprint density at radius 2 is 0.869 bits per heavy atom. The molecule has 0 radical (unpaired) electrons. The molecular weight excluding hydrogens is 1300 g/mol. The molecule has 0 spiro atoms. The minimum Gasteiger partial charge on any atom is -0.390 e. The van der Waals surface area contributed by atoms with Gasteiger partial charge in [-0.15, -0.1) is 45.3 Å². The molecule has 0 saturated carbocycles. The molecule has 0 amide bonds. The second-order valence-corrected chi connectivity index (χ2v) is 23.9. The lowest BCUT2D eigenvalue weighted by Crippen LogP contribution is -2.28. The van der Waals surface area contributed by atoms with Gasteiger partial charge in [0.2, 0.25) is 0 Å². The third kappa shape index (κ3) is 36.9. The molecule has 22 heteroatoms. The molecule has 5 heterocycles. The maximum Gasteiger partial charge on any atom is 0.164 e. The average molecular weight is 1400 g/mol. The molecular formula is C77H107ClO21. The van der Waals surface area contributed by atoms with Crippen LogP contribution in [-0.2, 0) is 99.4 Å². The van der Waals surface area contributed by atoms with Crippen LogP contribution in [0.4, 0.5) is 0 Å². The fraction of sp³-hybridized carbons (Fsp3) is 0.468. The van der Waals surface area contributed by atoms with Crippen molar-refractivity contribution in [2.45, 2.75) is 183 Å². The summed E-state index contributed by atoms with van der Waals surface area (Å²) in [6, 6.07) is 49.4. The van der Waals surface area contributed by atoms with E-state index in [0.29, 0.717) is 78.9 Å². The molecule has 99 heavy (non-hydrogen) atoms. The van der Waals surface area contributed by atoms with Crippen LogP contribution in [0.1, 0.15) is 74.8 Å². The molecule has 2 unspecified atom stereocenters. The van der Waals surface area contributed by atoms with Crippen LogP contribution in [0, 0.1) is 0 Å². The van der Waals surface area contributed by atoms with E-state index in [1.807, 2.05) is 179 Å². The third-order valence-electron chi connectivity index (χ3n) is 14.8. The van der Waals surface area contributed by atoms with E-state index in [2.05, 4.69) is 32.9 Å². The van der Waals surface area contributed by atoms with Crippen molar-refractivity contribution in [2.75, 3.05) is 46.8 Å². The first kappa shape index (κ1) is 87.2. The highest BCUT2D eigenvalue weighted by molar-refractivity contribution is 5.85. The minimum absolute atomic E-state index is 0. The van der Waals surface area contributed by atoms with Crippen molar-refractivity contribution in [1.29, 1.82) is 0 Å². The number of hydrogen-bond acceptors (Lipinski definition) is 21. The molecule has 21 nitrogen and oxygen atoms in total. The molecule has 548 valence electrons. The number of rotatable bonds is 30. The summed E-state index contributed by atoms with van der Waals surface area (Å²) < 4.78 is 70.7. The number of aldehydes is 1. The normalized spacial score (nSPS) is 24.2. The molecule has 10 rings (SSSR count). The second kappa shape index (κ2) is 49.5. The first-order valence-electron chi connectivity index (χ1n) is 32.7. The molecule has 5 aliphatic heterocycles. The summed E-state index contributed by atoms with van der Waals surface area (Å²) in [6.07, 6.45) is 2.95. The molecule has 5 aliphatic rings. The lowest BCUT2D eigenvalue weighted by Gasteiger charge is -2.16. The average Bonchev–Trinajstić information content (AvgIpc) is 1.70. The monoisotopic (exact) mass is 1400 g/mol. The topological polar surface area (TPSA) is 282 Å². The zero-order valence-corrected chi connectivity index (χ0v) is 58.6. The number of aliphatic hydroxyl groups is 7. The number of halogens is 1. The Labute approximate surface area is 591 Å². The number of methoxy groups -OCH3 is 1. The molecule has 5 aromatic carbocycles. The summed E-state index contributed by atoms with van der Waals surface area (Å²) in [4.78, 5) is 10.6. The van der Waals surface area contributed by atoms with Crippen molar-refractivity contribution in [3.8, 4) is 0 Å². The Kier molecular flexibility index (Phi) is 43.6. The maximum absolute atomic E-state index is 10.6. The Morgan fingerprint density at radius 1 is 0.495 bits per heavy atom. The van der Waals surface area contributed by atoms with Crippen molar-refractivity contribution < 1.29 is 102 Å². The fourth-order valence-electron chi connectivity index (χ4n) is 9.48. The number of carbonyl (C=O) groups is 1. The SMILES string of the molecule is C=CC(O)C=C.C=C[C@@H](O)[C@@H](O)COCc1ccccc1.C=C[C@@H](O)[C@@H]1CO1.C=C[C@H]1OC(C)(C)O[C@H]1COCc1ccccc1.CC1(C)O[C@@H](COCc2ccccc2)[C@@H](CC=O)O1.COC1C[C@@H](O)[C@H](COCc2ccccc2)O1.Cl.OC1C[C@@H](O)[C@H](COCc2ccccc2)O1. The number of aliphatic hydroxyl groups excluding tert-OH is 7. The van der Waals surface area contributed by atoms with Crippen molar-refractivity contribution in [2.24, 2.45) is 0 Å². The summed E-state index contributed by atoms with van der Waals surface area (Å²) >= 11 is 0. The van der Waals surface area contributed by atoms with E-state index in [-0.39, 0.29) is 68.3 Å². The van der Waals surface area contributed by atoms with Crippen LogP contribution in [0.15, 0.2) is 215 Å². The van der Waals surface area contributed by atoms with Gasteiger partial charge in [0.1, 0.15) is 55.1 Å². The highest BCUT2D eigenvalue weighted by Crippen LogP contribution is 2.31. The van der Waals surface area contributed by atoms with Crippen LogP contribution < -0.4 is 0 Å². The van der Waals surface area contributed by atoms with Crippen LogP contribution >= 0.6 is 12.4 Å². The zero-order valence-electron chi connectivity index (χ0n) is 57.7. The van der Waals surface area contributed by atoms with Crippen LogP contribution in [0.3, 0.4) is 0 Å². The summed E-state index contributed by atoms with van der Waals surface area (Å²) in [5.74, 6) is -1.20. The number of hydrogen-bond donors (Lipinski definition) is 7. The van der Waals surface area contributed by atoms with Gasteiger partial charge in [0, 0.05) is 26.4 Å². The zero-order chi connectivity index (χ0) is 71.6. The highest BCUT2D eigenvalue weighted by atomic mass is 35.5. The van der Waals surface area contributed by atoms with Crippen LogP contribution in [0.5, 0.6) is 0 Å². The van der Waals surface area contributed by atoms with Crippen LogP contribution in [0.2, 0.25) is 0 Å². The summed E-state index contributed by atoms with van der Waals surface area (Å²) in [7, 11) is 1.57. The van der Waals surface area contributed by atoms with E-state index in [0.717, 1.165) is 34.1 Å². The molecule has 5 saturated heterocycles. The van der Waals surface area contributed by atoms with Crippen molar-refractivity contribution in [3.63, 3.8) is 0 Å². The van der Waals surface area contributed by atoms with Gasteiger partial charge in [0.25, 0.3) is 0 Å². The third-order valence-corrected chi connectivity index (χ3v) is 14.8. The summed E-state index contributed by atoms with van der Waals surface area (Å²) in [5.41, 5.74) is 5.51. The van der Waals surface area contributed by atoms with Gasteiger partial charge in [-0.05, 0) is 55.5 Å². The van der Waals surface area contributed by atoms with Gasteiger partial charge >= 0.3 is 0 Å². The first-order chi connectivity index (χ1) is 47.1. The smallest absolute Gasteiger partial charge is 0.164 e.